The first-order chi connectivity index (χ1) is 8.29. The van der Waals surface area contributed by atoms with E-state index < -0.39 is 0 Å². The van der Waals surface area contributed by atoms with Crippen molar-refractivity contribution in [1.82, 2.24) is 15.1 Å². The van der Waals surface area contributed by atoms with Crippen LogP contribution in [0, 0.1) is 0 Å². The van der Waals surface area contributed by atoms with Crippen LogP contribution in [-0.2, 0) is 6.54 Å². The van der Waals surface area contributed by atoms with Gasteiger partial charge in [-0.15, -0.1) is 0 Å². The first-order valence-corrected chi connectivity index (χ1v) is 5.83. The Morgan fingerprint density at radius 2 is 2.06 bits per heavy atom. The monoisotopic (exact) mass is 230 g/mol. The van der Waals surface area contributed by atoms with Crippen LogP contribution >= 0.6 is 0 Å². The lowest BCUT2D eigenvalue weighted by atomic mass is 10.3. The van der Waals surface area contributed by atoms with Gasteiger partial charge in [0.05, 0.1) is 11.4 Å². The van der Waals surface area contributed by atoms with Crippen LogP contribution in [-0.4, -0.2) is 22.4 Å². The van der Waals surface area contributed by atoms with Gasteiger partial charge in [-0.05, 0) is 25.1 Å². The molecule has 2 rings (SSSR count). The summed E-state index contributed by atoms with van der Waals surface area (Å²) in [6.45, 7) is 3.45. The van der Waals surface area contributed by atoms with E-state index in [0.717, 1.165) is 17.9 Å². The van der Waals surface area contributed by atoms with Crippen LogP contribution in [0.2, 0.25) is 0 Å². The zero-order valence-corrected chi connectivity index (χ0v) is 10.0. The molecule has 4 heteroatoms. The molecule has 2 aromatic rings. The summed E-state index contributed by atoms with van der Waals surface area (Å²) in [5, 5.41) is 7.81. The summed E-state index contributed by atoms with van der Waals surface area (Å²) in [5.41, 5.74) is 7.64. The summed E-state index contributed by atoms with van der Waals surface area (Å²) < 4.78 is 1.88. The van der Waals surface area contributed by atoms with Gasteiger partial charge in [-0.3, -0.25) is 0 Å². The topological polar surface area (TPSA) is 55.9 Å². The van der Waals surface area contributed by atoms with Crippen LogP contribution in [0.25, 0.3) is 5.69 Å². The first-order valence-electron chi connectivity index (χ1n) is 5.83. The Balaban J connectivity index is 2.01. The van der Waals surface area contributed by atoms with Gasteiger partial charge in [0.15, 0.2) is 0 Å². The van der Waals surface area contributed by atoms with Gasteiger partial charge in [-0.25, -0.2) is 4.68 Å². The predicted octanol–water partition coefficient (Wildman–Crippen LogP) is 1.31. The van der Waals surface area contributed by atoms with E-state index in [0.29, 0.717) is 12.6 Å². The second-order valence-electron chi connectivity index (χ2n) is 4.10. The second kappa shape index (κ2) is 5.61. The molecule has 3 N–H and O–H groups in total. The van der Waals surface area contributed by atoms with Crippen LogP contribution in [0.4, 0.5) is 0 Å². The SMILES string of the molecule is CC(CN)NCc1ccn(-c2ccccc2)n1. The Labute approximate surface area is 101 Å². The fourth-order valence-corrected chi connectivity index (χ4v) is 1.54. The zero-order chi connectivity index (χ0) is 12.1. The van der Waals surface area contributed by atoms with E-state index in [1.807, 2.05) is 47.3 Å². The van der Waals surface area contributed by atoms with Crippen LogP contribution in [0.3, 0.4) is 0 Å². The Bertz CT molecular complexity index is 449. The lowest BCUT2D eigenvalue weighted by molar-refractivity contribution is 0.548. The number of hydrogen-bond acceptors (Lipinski definition) is 3. The first kappa shape index (κ1) is 11.8. The number of benzene rings is 1. The fourth-order valence-electron chi connectivity index (χ4n) is 1.54. The normalized spacial score (nSPS) is 12.6. The lowest BCUT2D eigenvalue weighted by Gasteiger charge is -2.08. The van der Waals surface area contributed by atoms with Crippen molar-refractivity contribution in [2.45, 2.75) is 19.5 Å². The van der Waals surface area contributed by atoms with Crippen molar-refractivity contribution in [2.24, 2.45) is 5.73 Å². The molecule has 0 fully saturated rings. The van der Waals surface area contributed by atoms with Gasteiger partial charge in [0, 0.05) is 25.3 Å². The van der Waals surface area contributed by atoms with Crippen molar-refractivity contribution in [3.05, 3.63) is 48.3 Å². The number of para-hydroxylation sites is 1. The minimum Gasteiger partial charge on any atom is -0.329 e. The van der Waals surface area contributed by atoms with Crippen LogP contribution in [0.1, 0.15) is 12.6 Å². The molecule has 17 heavy (non-hydrogen) atoms. The molecule has 90 valence electrons. The van der Waals surface area contributed by atoms with Crippen LogP contribution in [0.15, 0.2) is 42.6 Å². The molecule has 1 unspecified atom stereocenters. The van der Waals surface area contributed by atoms with Gasteiger partial charge in [0.1, 0.15) is 0 Å². The second-order valence-corrected chi connectivity index (χ2v) is 4.10. The van der Waals surface area contributed by atoms with Gasteiger partial charge in [-0.1, -0.05) is 18.2 Å². The maximum atomic E-state index is 5.54. The number of nitrogens with two attached hydrogens (primary N) is 1. The Morgan fingerprint density at radius 1 is 1.29 bits per heavy atom. The molecule has 0 aliphatic heterocycles. The van der Waals surface area contributed by atoms with E-state index in [2.05, 4.69) is 17.3 Å². The van der Waals surface area contributed by atoms with Crippen molar-refractivity contribution in [2.75, 3.05) is 6.54 Å². The molecule has 4 nitrogen and oxygen atoms in total. The highest BCUT2D eigenvalue weighted by Gasteiger charge is 2.02. The summed E-state index contributed by atoms with van der Waals surface area (Å²) in [4.78, 5) is 0. The van der Waals surface area contributed by atoms with Gasteiger partial charge in [0.2, 0.25) is 0 Å². The number of nitrogens with one attached hydrogen (secondary N) is 1. The predicted molar refractivity (Wildman–Crippen MR) is 68.9 cm³/mol. The summed E-state index contributed by atoms with van der Waals surface area (Å²) in [5.74, 6) is 0. The molecule has 0 aliphatic rings. The summed E-state index contributed by atoms with van der Waals surface area (Å²) in [7, 11) is 0. The maximum Gasteiger partial charge on any atom is 0.0766 e. The third kappa shape index (κ3) is 3.15. The maximum absolute atomic E-state index is 5.54. The minimum atomic E-state index is 0.317. The Hall–Kier alpha value is -1.65. The molecule has 0 saturated heterocycles. The highest BCUT2D eigenvalue weighted by Crippen LogP contribution is 2.06. The van der Waals surface area contributed by atoms with Crippen molar-refractivity contribution < 1.29 is 0 Å². The molecular weight excluding hydrogens is 212 g/mol. The molecule has 0 amide bonds. The number of hydrogen-bond donors (Lipinski definition) is 2. The number of nitrogens with zero attached hydrogens (tertiary/aromatic N) is 2. The Morgan fingerprint density at radius 3 is 2.76 bits per heavy atom. The van der Waals surface area contributed by atoms with Gasteiger partial charge >= 0.3 is 0 Å². The van der Waals surface area contributed by atoms with Gasteiger partial charge in [-0.2, -0.15) is 5.10 Å². The van der Waals surface area contributed by atoms with E-state index in [1.165, 1.54) is 0 Å². The average Bonchev–Trinajstić information content (AvgIpc) is 2.86. The van der Waals surface area contributed by atoms with E-state index in [-0.39, 0.29) is 0 Å². The minimum absolute atomic E-state index is 0.317. The van der Waals surface area contributed by atoms with Crippen molar-refractivity contribution in [3.63, 3.8) is 0 Å². The van der Waals surface area contributed by atoms with Crippen molar-refractivity contribution >= 4 is 0 Å². The fraction of sp³-hybridized carbons (Fsp3) is 0.308. The summed E-state index contributed by atoms with van der Waals surface area (Å²) in [6.07, 6.45) is 1.97. The average molecular weight is 230 g/mol. The van der Waals surface area contributed by atoms with E-state index in [4.69, 9.17) is 5.73 Å². The third-order valence-electron chi connectivity index (χ3n) is 2.65. The highest BCUT2D eigenvalue weighted by atomic mass is 15.3. The van der Waals surface area contributed by atoms with E-state index in [9.17, 15) is 0 Å². The van der Waals surface area contributed by atoms with Gasteiger partial charge < -0.3 is 11.1 Å². The molecule has 1 aromatic heterocycles. The summed E-state index contributed by atoms with van der Waals surface area (Å²) in [6, 6.07) is 12.4. The van der Waals surface area contributed by atoms with E-state index >= 15 is 0 Å². The third-order valence-corrected chi connectivity index (χ3v) is 2.65. The molecule has 1 aromatic carbocycles. The number of aromatic nitrogens is 2. The highest BCUT2D eigenvalue weighted by molar-refractivity contribution is 5.30. The van der Waals surface area contributed by atoms with Crippen molar-refractivity contribution in [1.29, 1.82) is 0 Å². The molecule has 0 saturated carbocycles. The lowest BCUT2D eigenvalue weighted by Crippen LogP contribution is -2.32. The van der Waals surface area contributed by atoms with Crippen LogP contribution in [0.5, 0.6) is 0 Å². The van der Waals surface area contributed by atoms with Gasteiger partial charge in [0.25, 0.3) is 0 Å². The largest absolute Gasteiger partial charge is 0.329 e. The molecular formula is C13H18N4. The Kier molecular flexibility index (Phi) is 3.90. The molecule has 0 spiro atoms. The molecule has 1 heterocycles. The zero-order valence-electron chi connectivity index (χ0n) is 10.0. The van der Waals surface area contributed by atoms with E-state index in [1.54, 1.807) is 0 Å². The van der Waals surface area contributed by atoms with Crippen molar-refractivity contribution in [3.8, 4) is 5.69 Å². The number of rotatable bonds is 5. The molecule has 0 aliphatic carbocycles. The molecule has 0 bridgehead atoms. The van der Waals surface area contributed by atoms with Crippen LogP contribution < -0.4 is 11.1 Å². The standard InChI is InChI=1S/C13H18N4/c1-11(9-14)15-10-12-7-8-17(16-12)13-5-3-2-4-6-13/h2-8,11,15H,9-10,14H2,1H3. The molecule has 0 radical (unpaired) electrons. The summed E-state index contributed by atoms with van der Waals surface area (Å²) >= 11 is 0. The molecule has 1 atom stereocenters. The quantitative estimate of drug-likeness (QED) is 0.814. The smallest absolute Gasteiger partial charge is 0.0766 e.